The third-order valence-electron chi connectivity index (χ3n) is 4.15. The highest BCUT2D eigenvalue weighted by atomic mass is 35.5. The number of hydrogen-bond acceptors (Lipinski definition) is 4. The Morgan fingerprint density at radius 2 is 2.17 bits per heavy atom. The molecule has 1 aliphatic heterocycles. The van der Waals surface area contributed by atoms with Gasteiger partial charge in [-0.25, -0.2) is 8.42 Å². The van der Waals surface area contributed by atoms with E-state index >= 15 is 0 Å². The summed E-state index contributed by atoms with van der Waals surface area (Å²) in [6, 6.07) is 5.51. The zero-order valence-electron chi connectivity index (χ0n) is 13.5. The number of carbonyl (C=O) groups excluding carboxylic acids is 1. The smallest absolute Gasteiger partial charge is 0.224 e. The third-order valence-corrected chi connectivity index (χ3v) is 6.31. The monoisotopic (exact) mass is 358 g/mol. The van der Waals surface area contributed by atoms with Gasteiger partial charge in [0, 0.05) is 36.3 Å². The lowest BCUT2D eigenvalue weighted by Crippen LogP contribution is -2.41. The molecule has 1 unspecified atom stereocenters. The predicted molar refractivity (Wildman–Crippen MR) is 93.7 cm³/mol. The fourth-order valence-electron chi connectivity index (χ4n) is 2.82. The first-order chi connectivity index (χ1) is 10.8. The second kappa shape index (κ2) is 7.53. The summed E-state index contributed by atoms with van der Waals surface area (Å²) < 4.78 is 23.2. The number of nitrogens with one attached hydrogen (secondary N) is 1. The van der Waals surface area contributed by atoms with Crippen molar-refractivity contribution < 1.29 is 13.2 Å². The molecule has 1 fully saturated rings. The van der Waals surface area contributed by atoms with Gasteiger partial charge in [-0.1, -0.05) is 17.7 Å². The van der Waals surface area contributed by atoms with Crippen molar-refractivity contribution in [2.24, 2.45) is 0 Å². The second-order valence-electron chi connectivity index (χ2n) is 5.88. The summed E-state index contributed by atoms with van der Waals surface area (Å²) in [7, 11) is -2.98. The van der Waals surface area contributed by atoms with Crippen LogP contribution in [0, 0.1) is 6.92 Å². The molecule has 0 spiro atoms. The van der Waals surface area contributed by atoms with Crippen molar-refractivity contribution in [3.63, 3.8) is 0 Å². The molecule has 7 heteroatoms. The summed E-state index contributed by atoms with van der Waals surface area (Å²) in [4.78, 5) is 14.0. The number of benzene rings is 1. The maximum Gasteiger partial charge on any atom is 0.224 e. The predicted octanol–water partition coefficient (Wildman–Crippen LogP) is 2.49. The van der Waals surface area contributed by atoms with E-state index in [9.17, 15) is 13.2 Å². The average molecular weight is 359 g/mol. The van der Waals surface area contributed by atoms with Gasteiger partial charge in [-0.2, -0.15) is 0 Å². The fraction of sp³-hybridized carbons (Fsp3) is 0.562. The van der Waals surface area contributed by atoms with E-state index in [1.165, 1.54) is 0 Å². The molecule has 1 saturated heterocycles. The molecule has 5 nitrogen and oxygen atoms in total. The zero-order valence-corrected chi connectivity index (χ0v) is 15.1. The summed E-state index contributed by atoms with van der Waals surface area (Å²) in [6.07, 6.45) is 0.874. The van der Waals surface area contributed by atoms with Crippen molar-refractivity contribution >= 4 is 33.0 Å². The van der Waals surface area contributed by atoms with Crippen LogP contribution in [0.15, 0.2) is 18.2 Å². The van der Waals surface area contributed by atoms with E-state index in [0.29, 0.717) is 31.0 Å². The topological polar surface area (TPSA) is 66.5 Å². The van der Waals surface area contributed by atoms with Crippen LogP contribution in [0.25, 0.3) is 0 Å². The van der Waals surface area contributed by atoms with Gasteiger partial charge in [0.2, 0.25) is 5.91 Å². The van der Waals surface area contributed by atoms with Crippen molar-refractivity contribution in [2.45, 2.75) is 32.7 Å². The van der Waals surface area contributed by atoms with Gasteiger partial charge < -0.3 is 10.2 Å². The number of rotatable bonds is 6. The molecule has 0 radical (unpaired) electrons. The number of halogens is 1. The van der Waals surface area contributed by atoms with Crippen LogP contribution in [-0.4, -0.2) is 49.9 Å². The Morgan fingerprint density at radius 3 is 2.74 bits per heavy atom. The van der Waals surface area contributed by atoms with Crippen molar-refractivity contribution in [1.82, 2.24) is 4.90 Å². The number of anilines is 1. The average Bonchev–Trinajstić information content (AvgIpc) is 2.83. The van der Waals surface area contributed by atoms with Crippen molar-refractivity contribution in [3.8, 4) is 0 Å². The first-order valence-corrected chi connectivity index (χ1v) is 10.0. The van der Waals surface area contributed by atoms with Gasteiger partial charge in [0.1, 0.15) is 0 Å². The summed E-state index contributed by atoms with van der Waals surface area (Å²) >= 11 is 6.07. The maximum atomic E-state index is 12.3. The van der Waals surface area contributed by atoms with Gasteiger partial charge in [0.25, 0.3) is 0 Å². The molecule has 1 aromatic rings. The van der Waals surface area contributed by atoms with Crippen LogP contribution in [0.4, 0.5) is 5.69 Å². The Balaban J connectivity index is 1.86. The zero-order chi connectivity index (χ0) is 17.0. The Morgan fingerprint density at radius 1 is 1.43 bits per heavy atom. The van der Waals surface area contributed by atoms with E-state index in [1.54, 1.807) is 4.90 Å². The van der Waals surface area contributed by atoms with Gasteiger partial charge in [0.15, 0.2) is 9.84 Å². The number of hydrogen-bond donors (Lipinski definition) is 1. The van der Waals surface area contributed by atoms with E-state index in [-0.39, 0.29) is 23.5 Å². The lowest BCUT2D eigenvalue weighted by atomic mass is 10.2. The lowest BCUT2D eigenvalue weighted by molar-refractivity contribution is -0.132. The van der Waals surface area contributed by atoms with Gasteiger partial charge in [-0.05, 0) is 38.0 Å². The highest BCUT2D eigenvalue weighted by Crippen LogP contribution is 2.21. The minimum atomic E-state index is -2.98. The van der Waals surface area contributed by atoms with Crippen LogP contribution in [-0.2, 0) is 14.6 Å². The van der Waals surface area contributed by atoms with Crippen LogP contribution in [0.1, 0.15) is 25.3 Å². The van der Waals surface area contributed by atoms with E-state index in [4.69, 9.17) is 11.6 Å². The SMILES string of the molecule is CCN(C(=O)CCNc1ccc(C)c(Cl)c1)C1CCS(=O)(=O)C1. The standard InChI is InChI=1S/C16H23ClN2O3S/c1-3-19(14-7-9-23(21,22)11-14)16(20)6-8-18-13-5-4-12(2)15(17)10-13/h4-5,10,14,18H,3,6-9,11H2,1-2H3. The van der Waals surface area contributed by atoms with Crippen molar-refractivity contribution in [3.05, 3.63) is 28.8 Å². The maximum absolute atomic E-state index is 12.3. The molecular weight excluding hydrogens is 336 g/mol. The molecule has 0 aromatic heterocycles. The van der Waals surface area contributed by atoms with Gasteiger partial charge in [-0.3, -0.25) is 4.79 Å². The summed E-state index contributed by atoms with van der Waals surface area (Å²) in [6.45, 7) is 4.85. The van der Waals surface area contributed by atoms with Crippen LogP contribution < -0.4 is 5.32 Å². The van der Waals surface area contributed by atoms with Crippen LogP contribution >= 0.6 is 11.6 Å². The van der Waals surface area contributed by atoms with E-state index in [1.807, 2.05) is 32.0 Å². The minimum absolute atomic E-state index is 0.0136. The Bertz CT molecular complexity index is 676. The fourth-order valence-corrected chi connectivity index (χ4v) is 4.73. The van der Waals surface area contributed by atoms with Crippen LogP contribution in [0.3, 0.4) is 0 Å². The largest absolute Gasteiger partial charge is 0.384 e. The lowest BCUT2D eigenvalue weighted by Gasteiger charge is -2.27. The van der Waals surface area contributed by atoms with E-state index < -0.39 is 9.84 Å². The first kappa shape index (κ1) is 18.1. The number of carbonyl (C=O) groups is 1. The molecular formula is C16H23ClN2O3S. The number of sulfone groups is 1. The van der Waals surface area contributed by atoms with Crippen LogP contribution in [0.5, 0.6) is 0 Å². The van der Waals surface area contributed by atoms with Gasteiger partial charge in [-0.15, -0.1) is 0 Å². The van der Waals surface area contributed by atoms with Crippen molar-refractivity contribution in [1.29, 1.82) is 0 Å². The van der Waals surface area contributed by atoms with E-state index in [0.717, 1.165) is 11.3 Å². The number of nitrogens with zero attached hydrogens (tertiary/aromatic N) is 1. The molecule has 1 N–H and O–H groups in total. The summed E-state index contributed by atoms with van der Waals surface area (Å²) in [5.74, 6) is 0.259. The van der Waals surface area contributed by atoms with Gasteiger partial charge >= 0.3 is 0 Å². The number of aryl methyl sites for hydroxylation is 1. The molecule has 0 saturated carbocycles. The highest BCUT2D eigenvalue weighted by molar-refractivity contribution is 7.91. The second-order valence-corrected chi connectivity index (χ2v) is 8.51. The Kier molecular flexibility index (Phi) is 5.92. The van der Waals surface area contributed by atoms with Gasteiger partial charge in [0.05, 0.1) is 11.5 Å². The molecule has 1 aliphatic rings. The van der Waals surface area contributed by atoms with E-state index in [2.05, 4.69) is 5.32 Å². The molecule has 1 aromatic carbocycles. The quantitative estimate of drug-likeness (QED) is 0.848. The molecule has 1 heterocycles. The molecule has 23 heavy (non-hydrogen) atoms. The third kappa shape index (κ3) is 4.85. The van der Waals surface area contributed by atoms with Crippen LogP contribution in [0.2, 0.25) is 5.02 Å². The normalized spacial score (nSPS) is 19.5. The molecule has 0 bridgehead atoms. The van der Waals surface area contributed by atoms with Crippen molar-refractivity contribution in [2.75, 3.05) is 29.9 Å². The Labute approximate surface area is 142 Å². The molecule has 1 amide bonds. The first-order valence-electron chi connectivity index (χ1n) is 7.82. The minimum Gasteiger partial charge on any atom is -0.384 e. The molecule has 0 aliphatic carbocycles. The molecule has 128 valence electrons. The molecule has 1 atom stereocenters. The number of amides is 1. The Hall–Kier alpha value is -1.27. The summed E-state index contributed by atoms with van der Waals surface area (Å²) in [5.41, 5.74) is 1.88. The summed E-state index contributed by atoms with van der Waals surface area (Å²) in [5, 5.41) is 3.87. The highest BCUT2D eigenvalue weighted by Gasteiger charge is 2.33. The molecule has 2 rings (SSSR count).